The van der Waals surface area contributed by atoms with E-state index in [-0.39, 0.29) is 30.8 Å². The van der Waals surface area contributed by atoms with Crippen LogP contribution in [0.3, 0.4) is 0 Å². The van der Waals surface area contributed by atoms with Gasteiger partial charge in [0.15, 0.2) is 0 Å². The minimum Gasteiger partial charge on any atom is -0.491 e. The predicted molar refractivity (Wildman–Crippen MR) is 95.4 cm³/mol. The standard InChI is InChI=1S/C20H22FNO4/c1-14(2)26-18-5-3-4-16(10-18)11-19(23)22(13-20(24)25)12-15-6-8-17(21)9-7-15/h3-10,14H,11-13H2,1-2H3,(H,24,25). The van der Waals surface area contributed by atoms with Gasteiger partial charge in [-0.25, -0.2) is 4.39 Å². The molecule has 138 valence electrons. The normalized spacial score (nSPS) is 10.6. The Bertz CT molecular complexity index is 759. The molecule has 0 atom stereocenters. The number of aliphatic carboxylic acids is 1. The molecule has 2 aromatic carbocycles. The third kappa shape index (κ3) is 6.20. The summed E-state index contributed by atoms with van der Waals surface area (Å²) in [6, 6.07) is 12.8. The Hall–Kier alpha value is -2.89. The van der Waals surface area contributed by atoms with Crippen molar-refractivity contribution in [1.29, 1.82) is 0 Å². The Morgan fingerprint density at radius 1 is 1.12 bits per heavy atom. The topological polar surface area (TPSA) is 66.8 Å². The molecule has 0 fully saturated rings. The van der Waals surface area contributed by atoms with Gasteiger partial charge in [-0.15, -0.1) is 0 Å². The lowest BCUT2D eigenvalue weighted by Gasteiger charge is -2.21. The van der Waals surface area contributed by atoms with Crippen LogP contribution in [0.15, 0.2) is 48.5 Å². The first kappa shape index (κ1) is 19.4. The molecule has 0 bridgehead atoms. The minimum absolute atomic E-state index is 0.0166. The van der Waals surface area contributed by atoms with Gasteiger partial charge >= 0.3 is 5.97 Å². The average Bonchev–Trinajstić information content (AvgIpc) is 2.55. The predicted octanol–water partition coefficient (Wildman–Crippen LogP) is 3.27. The summed E-state index contributed by atoms with van der Waals surface area (Å²) in [7, 11) is 0. The fraction of sp³-hybridized carbons (Fsp3) is 0.300. The summed E-state index contributed by atoms with van der Waals surface area (Å²) in [5, 5.41) is 9.09. The molecule has 0 aliphatic rings. The van der Waals surface area contributed by atoms with Crippen LogP contribution in [-0.4, -0.2) is 34.5 Å². The molecule has 5 nitrogen and oxygen atoms in total. The zero-order valence-electron chi connectivity index (χ0n) is 14.8. The van der Waals surface area contributed by atoms with Crippen LogP contribution >= 0.6 is 0 Å². The van der Waals surface area contributed by atoms with Crippen molar-refractivity contribution in [2.75, 3.05) is 6.54 Å². The maximum atomic E-state index is 13.0. The molecule has 0 aromatic heterocycles. The number of hydrogen-bond donors (Lipinski definition) is 1. The van der Waals surface area contributed by atoms with Crippen LogP contribution in [-0.2, 0) is 22.6 Å². The second-order valence-electron chi connectivity index (χ2n) is 6.26. The molecule has 0 spiro atoms. The SMILES string of the molecule is CC(C)Oc1cccc(CC(=O)N(CC(=O)O)Cc2ccc(F)cc2)c1. The fourth-order valence-electron chi connectivity index (χ4n) is 2.49. The molecule has 0 saturated heterocycles. The quantitative estimate of drug-likeness (QED) is 0.786. The van der Waals surface area contributed by atoms with Crippen molar-refractivity contribution in [3.05, 3.63) is 65.5 Å². The van der Waals surface area contributed by atoms with Crippen LogP contribution < -0.4 is 4.74 Å². The monoisotopic (exact) mass is 359 g/mol. The molecule has 2 rings (SSSR count). The molecule has 2 aromatic rings. The van der Waals surface area contributed by atoms with Gasteiger partial charge in [0.25, 0.3) is 0 Å². The summed E-state index contributed by atoms with van der Waals surface area (Å²) in [6.07, 6.45) is 0.0759. The second kappa shape index (κ2) is 8.99. The number of amides is 1. The molecule has 6 heteroatoms. The van der Waals surface area contributed by atoms with E-state index in [1.165, 1.54) is 29.2 Å². The molecule has 1 N–H and O–H groups in total. The van der Waals surface area contributed by atoms with Crippen LogP contribution in [0.25, 0.3) is 0 Å². The molecule has 0 aliphatic carbocycles. The van der Waals surface area contributed by atoms with E-state index in [1.54, 1.807) is 18.2 Å². The van der Waals surface area contributed by atoms with E-state index in [4.69, 9.17) is 9.84 Å². The van der Waals surface area contributed by atoms with Gasteiger partial charge in [0.05, 0.1) is 12.5 Å². The Morgan fingerprint density at radius 2 is 1.81 bits per heavy atom. The number of halogens is 1. The van der Waals surface area contributed by atoms with Crippen molar-refractivity contribution >= 4 is 11.9 Å². The van der Waals surface area contributed by atoms with Gasteiger partial charge in [-0.05, 0) is 49.2 Å². The van der Waals surface area contributed by atoms with E-state index in [0.717, 1.165) is 5.56 Å². The van der Waals surface area contributed by atoms with Crippen molar-refractivity contribution in [2.24, 2.45) is 0 Å². The number of ether oxygens (including phenoxy) is 1. The van der Waals surface area contributed by atoms with Crippen molar-refractivity contribution in [1.82, 2.24) is 4.90 Å². The molecule has 0 saturated carbocycles. The van der Waals surface area contributed by atoms with Crippen molar-refractivity contribution in [3.63, 3.8) is 0 Å². The van der Waals surface area contributed by atoms with Gasteiger partial charge in [-0.1, -0.05) is 24.3 Å². The molecule has 1 amide bonds. The maximum Gasteiger partial charge on any atom is 0.323 e. The zero-order valence-corrected chi connectivity index (χ0v) is 14.8. The van der Waals surface area contributed by atoms with Gasteiger partial charge in [0.1, 0.15) is 18.1 Å². The summed E-state index contributed by atoms with van der Waals surface area (Å²) in [5.41, 5.74) is 1.40. The molecule has 0 unspecified atom stereocenters. The van der Waals surface area contributed by atoms with Gasteiger partial charge in [0.2, 0.25) is 5.91 Å². The first-order valence-corrected chi connectivity index (χ1v) is 8.33. The highest BCUT2D eigenvalue weighted by atomic mass is 19.1. The number of carbonyl (C=O) groups is 2. The zero-order chi connectivity index (χ0) is 19.1. The highest BCUT2D eigenvalue weighted by Crippen LogP contribution is 2.16. The summed E-state index contributed by atoms with van der Waals surface area (Å²) in [4.78, 5) is 25.0. The van der Waals surface area contributed by atoms with Gasteiger partial charge in [-0.2, -0.15) is 0 Å². The first-order valence-electron chi connectivity index (χ1n) is 8.33. The molecule has 0 radical (unpaired) electrons. The van der Waals surface area contributed by atoms with Crippen molar-refractivity contribution < 1.29 is 23.8 Å². The minimum atomic E-state index is -1.10. The number of carboxylic acid groups (broad SMARTS) is 1. The number of benzene rings is 2. The first-order chi connectivity index (χ1) is 12.3. The average molecular weight is 359 g/mol. The molecule has 0 aliphatic heterocycles. The fourth-order valence-corrected chi connectivity index (χ4v) is 2.49. The van der Waals surface area contributed by atoms with Crippen LogP contribution in [0.2, 0.25) is 0 Å². The lowest BCUT2D eigenvalue weighted by Crippen LogP contribution is -2.36. The summed E-state index contributed by atoms with van der Waals surface area (Å²) < 4.78 is 18.6. The van der Waals surface area contributed by atoms with E-state index in [2.05, 4.69) is 0 Å². The highest BCUT2D eigenvalue weighted by molar-refractivity contribution is 5.83. The van der Waals surface area contributed by atoms with Crippen LogP contribution in [0.5, 0.6) is 5.75 Å². The Balaban J connectivity index is 2.10. The second-order valence-corrected chi connectivity index (χ2v) is 6.26. The van der Waals surface area contributed by atoms with Gasteiger partial charge in [0, 0.05) is 6.54 Å². The van der Waals surface area contributed by atoms with E-state index in [0.29, 0.717) is 11.3 Å². The summed E-state index contributed by atoms with van der Waals surface area (Å²) in [6.45, 7) is 3.51. The largest absolute Gasteiger partial charge is 0.491 e. The number of nitrogens with zero attached hydrogens (tertiary/aromatic N) is 1. The number of rotatable bonds is 8. The summed E-state index contributed by atoms with van der Waals surface area (Å²) >= 11 is 0. The Kier molecular flexibility index (Phi) is 6.72. The third-order valence-corrected chi connectivity index (χ3v) is 3.59. The number of carboxylic acids is 1. The maximum absolute atomic E-state index is 13.0. The molecular weight excluding hydrogens is 337 g/mol. The van der Waals surface area contributed by atoms with E-state index in [9.17, 15) is 14.0 Å². The molecule has 0 heterocycles. The number of carbonyl (C=O) groups excluding carboxylic acids is 1. The van der Waals surface area contributed by atoms with E-state index >= 15 is 0 Å². The van der Waals surface area contributed by atoms with Crippen LogP contribution in [0, 0.1) is 5.82 Å². The van der Waals surface area contributed by atoms with E-state index in [1.807, 2.05) is 19.9 Å². The smallest absolute Gasteiger partial charge is 0.323 e. The Labute approximate surface area is 152 Å². The third-order valence-electron chi connectivity index (χ3n) is 3.59. The van der Waals surface area contributed by atoms with Gasteiger partial charge < -0.3 is 14.7 Å². The lowest BCUT2D eigenvalue weighted by atomic mass is 10.1. The van der Waals surface area contributed by atoms with Crippen LogP contribution in [0.4, 0.5) is 4.39 Å². The molecular formula is C20H22FNO4. The van der Waals surface area contributed by atoms with Crippen molar-refractivity contribution in [2.45, 2.75) is 32.9 Å². The van der Waals surface area contributed by atoms with Crippen LogP contribution in [0.1, 0.15) is 25.0 Å². The van der Waals surface area contributed by atoms with Crippen molar-refractivity contribution in [3.8, 4) is 5.75 Å². The lowest BCUT2D eigenvalue weighted by molar-refractivity contribution is -0.144. The van der Waals surface area contributed by atoms with E-state index < -0.39 is 12.5 Å². The summed E-state index contributed by atoms with van der Waals surface area (Å²) in [5.74, 6) is -1.14. The molecule has 26 heavy (non-hydrogen) atoms. The van der Waals surface area contributed by atoms with Gasteiger partial charge in [-0.3, -0.25) is 9.59 Å². The highest BCUT2D eigenvalue weighted by Gasteiger charge is 2.18. The Morgan fingerprint density at radius 3 is 2.42 bits per heavy atom. The number of hydrogen-bond acceptors (Lipinski definition) is 3.